The van der Waals surface area contributed by atoms with E-state index < -0.39 is 0 Å². The van der Waals surface area contributed by atoms with Crippen molar-refractivity contribution in [2.45, 2.75) is 13.2 Å². The van der Waals surface area contributed by atoms with Crippen LogP contribution >= 0.6 is 28.3 Å². The SMILES string of the molecule is COc1cc(CNc2ccc3[nH]c(=O)[nH]c3c2)cc(Br)c1OCc1ccccc1F.Cl. The molecule has 31 heavy (non-hydrogen) atoms. The molecule has 162 valence electrons. The Kier molecular flexibility index (Phi) is 7.25. The van der Waals surface area contributed by atoms with Crippen molar-refractivity contribution in [1.82, 2.24) is 9.97 Å². The Bertz CT molecular complexity index is 1260. The molecular formula is C22H20BrClFN3O3. The number of anilines is 1. The Hall–Kier alpha value is -2.97. The van der Waals surface area contributed by atoms with E-state index in [-0.39, 0.29) is 30.5 Å². The van der Waals surface area contributed by atoms with Crippen LogP contribution in [0.4, 0.5) is 10.1 Å². The van der Waals surface area contributed by atoms with Crippen LogP contribution in [0.3, 0.4) is 0 Å². The first-order valence-electron chi connectivity index (χ1n) is 9.22. The van der Waals surface area contributed by atoms with Crippen molar-refractivity contribution in [3.8, 4) is 11.5 Å². The third-order valence-electron chi connectivity index (χ3n) is 4.63. The minimum Gasteiger partial charge on any atom is -0.493 e. The zero-order valence-corrected chi connectivity index (χ0v) is 18.9. The number of aromatic nitrogens is 2. The molecule has 1 aromatic heterocycles. The molecule has 0 bridgehead atoms. The average molecular weight is 509 g/mol. The third-order valence-corrected chi connectivity index (χ3v) is 5.22. The van der Waals surface area contributed by atoms with Crippen molar-refractivity contribution in [3.05, 3.63) is 86.5 Å². The van der Waals surface area contributed by atoms with Crippen LogP contribution in [0.25, 0.3) is 11.0 Å². The van der Waals surface area contributed by atoms with E-state index in [0.717, 1.165) is 22.3 Å². The summed E-state index contributed by atoms with van der Waals surface area (Å²) in [5.74, 6) is 0.743. The number of imidazole rings is 1. The first-order chi connectivity index (χ1) is 14.5. The molecule has 0 atom stereocenters. The monoisotopic (exact) mass is 507 g/mol. The Labute approximate surface area is 192 Å². The third kappa shape index (κ3) is 5.21. The number of benzene rings is 3. The molecule has 0 spiro atoms. The van der Waals surface area contributed by atoms with Gasteiger partial charge in [0.1, 0.15) is 12.4 Å². The molecule has 0 saturated heterocycles. The summed E-state index contributed by atoms with van der Waals surface area (Å²) in [6.45, 7) is 0.622. The lowest BCUT2D eigenvalue weighted by Gasteiger charge is -2.15. The second-order valence-corrected chi connectivity index (χ2v) is 7.54. The van der Waals surface area contributed by atoms with Gasteiger partial charge in [0, 0.05) is 17.8 Å². The maximum Gasteiger partial charge on any atom is 0.323 e. The van der Waals surface area contributed by atoms with Gasteiger partial charge in [-0.3, -0.25) is 0 Å². The van der Waals surface area contributed by atoms with Gasteiger partial charge in [-0.05, 0) is 57.9 Å². The highest BCUT2D eigenvalue weighted by atomic mass is 79.9. The fraction of sp³-hybridized carbons (Fsp3) is 0.136. The lowest BCUT2D eigenvalue weighted by molar-refractivity contribution is 0.277. The fourth-order valence-corrected chi connectivity index (χ4v) is 3.73. The molecule has 4 rings (SSSR count). The summed E-state index contributed by atoms with van der Waals surface area (Å²) in [7, 11) is 1.56. The molecule has 0 aliphatic rings. The van der Waals surface area contributed by atoms with Gasteiger partial charge in [-0.15, -0.1) is 12.4 Å². The quantitative estimate of drug-likeness (QED) is 0.313. The van der Waals surface area contributed by atoms with E-state index in [1.54, 1.807) is 25.3 Å². The number of fused-ring (bicyclic) bond motifs is 1. The average Bonchev–Trinajstić information content (AvgIpc) is 3.11. The molecular weight excluding hydrogens is 489 g/mol. The van der Waals surface area contributed by atoms with Crippen LogP contribution < -0.4 is 20.5 Å². The van der Waals surface area contributed by atoms with E-state index in [1.807, 2.05) is 30.3 Å². The highest BCUT2D eigenvalue weighted by Crippen LogP contribution is 2.37. The predicted octanol–water partition coefficient (Wildman–Crippen LogP) is 5.38. The number of nitrogens with one attached hydrogen (secondary N) is 3. The Balaban J connectivity index is 0.00000272. The van der Waals surface area contributed by atoms with Crippen LogP contribution in [0, 0.1) is 5.82 Å². The number of H-pyrrole nitrogens is 2. The normalized spacial score (nSPS) is 10.5. The predicted molar refractivity (Wildman–Crippen MR) is 125 cm³/mol. The van der Waals surface area contributed by atoms with Gasteiger partial charge in [-0.2, -0.15) is 0 Å². The number of methoxy groups -OCH3 is 1. The molecule has 1 heterocycles. The van der Waals surface area contributed by atoms with Gasteiger partial charge in [-0.25, -0.2) is 9.18 Å². The molecule has 0 saturated carbocycles. The molecule has 6 nitrogen and oxygen atoms in total. The van der Waals surface area contributed by atoms with E-state index in [9.17, 15) is 9.18 Å². The largest absolute Gasteiger partial charge is 0.493 e. The number of rotatable bonds is 7. The van der Waals surface area contributed by atoms with Gasteiger partial charge in [-0.1, -0.05) is 18.2 Å². The standard InChI is InChI=1S/C22H19BrFN3O3.ClH/c1-29-20-9-13(11-25-15-6-7-18-19(10-15)27-22(28)26-18)8-16(23)21(20)30-12-14-4-2-3-5-17(14)24;/h2-10,25H,11-12H2,1H3,(H2,26,27,28);1H. The fourth-order valence-electron chi connectivity index (χ4n) is 3.13. The Morgan fingerprint density at radius 2 is 1.84 bits per heavy atom. The summed E-state index contributed by atoms with van der Waals surface area (Å²) in [5.41, 5.74) is 3.55. The summed E-state index contributed by atoms with van der Waals surface area (Å²) >= 11 is 3.52. The smallest absolute Gasteiger partial charge is 0.323 e. The molecule has 9 heteroatoms. The van der Waals surface area contributed by atoms with Gasteiger partial charge >= 0.3 is 5.69 Å². The van der Waals surface area contributed by atoms with Crippen LogP contribution in [-0.4, -0.2) is 17.1 Å². The first kappa shape index (κ1) is 22.7. The molecule has 0 aliphatic heterocycles. The number of halogens is 3. The van der Waals surface area contributed by atoms with E-state index in [4.69, 9.17) is 9.47 Å². The zero-order chi connectivity index (χ0) is 21.1. The van der Waals surface area contributed by atoms with E-state index in [1.165, 1.54) is 6.07 Å². The van der Waals surface area contributed by atoms with E-state index >= 15 is 0 Å². The second-order valence-electron chi connectivity index (χ2n) is 6.68. The highest BCUT2D eigenvalue weighted by molar-refractivity contribution is 9.10. The van der Waals surface area contributed by atoms with E-state index in [2.05, 4.69) is 31.2 Å². The Morgan fingerprint density at radius 3 is 2.61 bits per heavy atom. The van der Waals surface area contributed by atoms with Crippen molar-refractivity contribution in [3.63, 3.8) is 0 Å². The molecule has 0 aliphatic carbocycles. The lowest BCUT2D eigenvalue weighted by Crippen LogP contribution is -2.03. The molecule has 0 radical (unpaired) electrons. The number of hydrogen-bond acceptors (Lipinski definition) is 4. The summed E-state index contributed by atoms with van der Waals surface area (Å²) < 4.78 is 25.9. The number of hydrogen-bond donors (Lipinski definition) is 3. The van der Waals surface area contributed by atoms with Gasteiger partial charge in [0.05, 0.1) is 22.6 Å². The second kappa shape index (κ2) is 9.89. The van der Waals surface area contributed by atoms with Crippen molar-refractivity contribution in [2.24, 2.45) is 0 Å². The summed E-state index contributed by atoms with van der Waals surface area (Å²) in [4.78, 5) is 16.9. The highest BCUT2D eigenvalue weighted by Gasteiger charge is 2.13. The van der Waals surface area contributed by atoms with Crippen molar-refractivity contribution >= 4 is 45.1 Å². The van der Waals surface area contributed by atoms with Crippen molar-refractivity contribution in [1.29, 1.82) is 0 Å². The minimum absolute atomic E-state index is 0. The van der Waals surface area contributed by atoms with Gasteiger partial charge < -0.3 is 24.8 Å². The number of ether oxygens (including phenoxy) is 2. The van der Waals surface area contributed by atoms with Crippen LogP contribution in [0.15, 0.2) is 63.9 Å². The summed E-state index contributed by atoms with van der Waals surface area (Å²) in [5, 5.41) is 3.32. The van der Waals surface area contributed by atoms with Crippen molar-refractivity contribution < 1.29 is 13.9 Å². The number of aromatic amines is 2. The topological polar surface area (TPSA) is 79.1 Å². The molecule has 0 fully saturated rings. The first-order valence-corrected chi connectivity index (χ1v) is 10.0. The van der Waals surface area contributed by atoms with Crippen LogP contribution in [0.1, 0.15) is 11.1 Å². The Morgan fingerprint density at radius 1 is 1.06 bits per heavy atom. The lowest BCUT2D eigenvalue weighted by atomic mass is 10.2. The van der Waals surface area contributed by atoms with Crippen LogP contribution in [0.5, 0.6) is 11.5 Å². The molecule has 3 N–H and O–H groups in total. The van der Waals surface area contributed by atoms with E-state index in [0.29, 0.717) is 28.1 Å². The minimum atomic E-state index is -0.311. The van der Waals surface area contributed by atoms with Gasteiger partial charge in [0.25, 0.3) is 0 Å². The van der Waals surface area contributed by atoms with Crippen LogP contribution in [0.2, 0.25) is 0 Å². The maximum absolute atomic E-state index is 13.8. The molecule has 0 unspecified atom stereocenters. The maximum atomic E-state index is 13.8. The molecule has 4 aromatic rings. The van der Waals surface area contributed by atoms with Gasteiger partial charge in [0.15, 0.2) is 11.5 Å². The van der Waals surface area contributed by atoms with Gasteiger partial charge in [0.2, 0.25) is 0 Å². The van der Waals surface area contributed by atoms with Crippen molar-refractivity contribution in [2.75, 3.05) is 12.4 Å². The molecule has 3 aromatic carbocycles. The summed E-state index contributed by atoms with van der Waals surface area (Å²) in [6, 6.07) is 15.9. The summed E-state index contributed by atoms with van der Waals surface area (Å²) in [6.07, 6.45) is 0. The zero-order valence-electron chi connectivity index (χ0n) is 16.5. The van der Waals surface area contributed by atoms with Crippen LogP contribution in [-0.2, 0) is 13.2 Å². The molecule has 0 amide bonds.